The first-order valence-corrected chi connectivity index (χ1v) is 5.49. The van der Waals surface area contributed by atoms with E-state index in [1.54, 1.807) is 13.8 Å². The maximum atomic E-state index is 13.6. The molecule has 6 nitrogen and oxygen atoms in total. The molecule has 0 spiro atoms. The van der Waals surface area contributed by atoms with E-state index < -0.39 is 29.9 Å². The summed E-state index contributed by atoms with van der Waals surface area (Å²) in [6.45, 7) is 3.43. The Balaban J connectivity index is 2.57. The van der Waals surface area contributed by atoms with Gasteiger partial charge in [-0.15, -0.1) is 4.91 Å². The zero-order chi connectivity index (χ0) is 14.2. The molecule has 0 bridgehead atoms. The SMILES string of the molecule is COB1Oc2c(ccc(F)c2C(=O)N=O)OC1(C)C. The lowest BCUT2D eigenvalue weighted by molar-refractivity contribution is 0.0969. The third-order valence-corrected chi connectivity index (χ3v) is 2.75. The highest BCUT2D eigenvalue weighted by Gasteiger charge is 2.47. The average molecular weight is 267 g/mol. The summed E-state index contributed by atoms with van der Waals surface area (Å²) < 4.78 is 29.7. The predicted octanol–water partition coefficient (Wildman–Crippen LogP) is 1.96. The molecule has 1 heterocycles. The smallest absolute Gasteiger partial charge is 0.530 e. The maximum Gasteiger partial charge on any atom is 0.571 e. The largest absolute Gasteiger partial charge is 0.571 e. The normalized spacial score (nSPS) is 16.1. The first kappa shape index (κ1) is 13.5. The zero-order valence-electron chi connectivity index (χ0n) is 10.6. The van der Waals surface area contributed by atoms with Gasteiger partial charge >= 0.3 is 13.0 Å². The van der Waals surface area contributed by atoms with Gasteiger partial charge in [-0.1, -0.05) is 0 Å². The van der Waals surface area contributed by atoms with E-state index in [4.69, 9.17) is 14.0 Å². The monoisotopic (exact) mass is 267 g/mol. The van der Waals surface area contributed by atoms with E-state index in [1.807, 2.05) is 0 Å². The molecule has 0 aliphatic carbocycles. The van der Waals surface area contributed by atoms with E-state index in [0.29, 0.717) is 0 Å². The van der Waals surface area contributed by atoms with Crippen LogP contribution in [0.4, 0.5) is 4.39 Å². The summed E-state index contributed by atoms with van der Waals surface area (Å²) in [6.07, 6.45) is 0. The Morgan fingerprint density at radius 3 is 2.74 bits per heavy atom. The van der Waals surface area contributed by atoms with Crippen LogP contribution in [0, 0.1) is 10.7 Å². The third kappa shape index (κ3) is 2.19. The molecule has 0 N–H and O–H groups in total. The van der Waals surface area contributed by atoms with Gasteiger partial charge in [-0.2, -0.15) is 0 Å². The van der Waals surface area contributed by atoms with E-state index in [1.165, 1.54) is 13.2 Å². The van der Waals surface area contributed by atoms with Crippen molar-refractivity contribution in [3.8, 4) is 11.5 Å². The summed E-state index contributed by atoms with van der Waals surface area (Å²) in [5, 5.41) is 2.21. The van der Waals surface area contributed by atoms with Gasteiger partial charge in [0, 0.05) is 12.3 Å². The molecule has 1 amide bonds. The van der Waals surface area contributed by atoms with Gasteiger partial charge in [0.15, 0.2) is 17.0 Å². The highest BCUT2D eigenvalue weighted by atomic mass is 19.1. The van der Waals surface area contributed by atoms with Gasteiger partial charge in [-0.05, 0) is 26.0 Å². The molecule has 0 saturated heterocycles. The minimum Gasteiger partial charge on any atom is -0.530 e. The van der Waals surface area contributed by atoms with Crippen molar-refractivity contribution in [3.63, 3.8) is 0 Å². The van der Waals surface area contributed by atoms with E-state index in [-0.39, 0.29) is 11.5 Å². The number of halogens is 1. The molecule has 1 aliphatic rings. The predicted molar refractivity (Wildman–Crippen MR) is 64.6 cm³/mol. The molecule has 100 valence electrons. The van der Waals surface area contributed by atoms with Gasteiger partial charge in [-0.25, -0.2) is 4.39 Å². The van der Waals surface area contributed by atoms with Crippen LogP contribution in [0.25, 0.3) is 0 Å². The highest BCUT2D eigenvalue weighted by Crippen LogP contribution is 2.41. The Morgan fingerprint density at radius 2 is 2.16 bits per heavy atom. The molecular formula is C11H11BFNO5. The van der Waals surface area contributed by atoms with Crippen LogP contribution in [0.2, 0.25) is 0 Å². The standard InChI is InChI=1S/C11H11BFNO5/c1-11(2)12(17-3)19-9-7(18-11)5-4-6(13)8(9)10(15)14-16/h4-5H,1-3H3. The average Bonchev–Trinajstić information content (AvgIpc) is 2.36. The lowest BCUT2D eigenvalue weighted by atomic mass is 9.68. The Labute approximate surface area is 109 Å². The fraction of sp³-hybridized carbons (Fsp3) is 0.364. The van der Waals surface area contributed by atoms with Crippen LogP contribution < -0.4 is 9.39 Å². The highest BCUT2D eigenvalue weighted by molar-refractivity contribution is 6.49. The summed E-state index contributed by atoms with van der Waals surface area (Å²) in [5.74, 6) is -2.17. The van der Waals surface area contributed by atoms with Crippen LogP contribution in [-0.2, 0) is 4.65 Å². The molecule has 2 rings (SSSR count). The van der Waals surface area contributed by atoms with Gasteiger partial charge in [0.1, 0.15) is 11.4 Å². The second-order valence-electron chi connectivity index (χ2n) is 4.54. The summed E-state index contributed by atoms with van der Waals surface area (Å²) in [5.41, 5.74) is -1.38. The van der Waals surface area contributed by atoms with Crippen molar-refractivity contribution in [2.75, 3.05) is 7.11 Å². The summed E-state index contributed by atoms with van der Waals surface area (Å²) in [6, 6.07) is 2.34. The van der Waals surface area contributed by atoms with Crippen molar-refractivity contribution in [2.45, 2.75) is 19.3 Å². The minimum absolute atomic E-state index is 0.159. The second kappa shape index (κ2) is 4.62. The van der Waals surface area contributed by atoms with Crippen LogP contribution in [0.15, 0.2) is 17.3 Å². The van der Waals surface area contributed by atoms with Crippen LogP contribution in [0.5, 0.6) is 11.5 Å². The fourth-order valence-electron chi connectivity index (χ4n) is 1.89. The molecular weight excluding hydrogens is 256 g/mol. The second-order valence-corrected chi connectivity index (χ2v) is 4.54. The number of amides is 1. The first-order chi connectivity index (χ1) is 8.90. The number of ether oxygens (including phenoxy) is 1. The van der Waals surface area contributed by atoms with Crippen molar-refractivity contribution < 1.29 is 23.2 Å². The number of hydrogen-bond donors (Lipinski definition) is 0. The lowest BCUT2D eigenvalue weighted by Gasteiger charge is -2.36. The number of carbonyl (C=O) groups is 1. The van der Waals surface area contributed by atoms with Crippen LogP contribution in [-0.4, -0.2) is 25.6 Å². The van der Waals surface area contributed by atoms with E-state index in [9.17, 15) is 14.1 Å². The Morgan fingerprint density at radius 1 is 1.47 bits per heavy atom. The topological polar surface area (TPSA) is 74.2 Å². The molecule has 1 aliphatic heterocycles. The Kier molecular flexibility index (Phi) is 3.28. The van der Waals surface area contributed by atoms with Gasteiger partial charge in [-0.3, -0.25) is 4.79 Å². The maximum absolute atomic E-state index is 13.6. The Bertz CT molecular complexity index is 548. The van der Waals surface area contributed by atoms with Gasteiger partial charge < -0.3 is 14.0 Å². The number of benzene rings is 1. The molecule has 0 radical (unpaired) electrons. The third-order valence-electron chi connectivity index (χ3n) is 2.75. The van der Waals surface area contributed by atoms with Crippen molar-refractivity contribution in [2.24, 2.45) is 5.18 Å². The molecule has 0 unspecified atom stereocenters. The van der Waals surface area contributed by atoms with Gasteiger partial charge in [0.2, 0.25) is 0 Å². The van der Waals surface area contributed by atoms with Crippen LogP contribution in [0.3, 0.4) is 0 Å². The Hall–Kier alpha value is -1.96. The fourth-order valence-corrected chi connectivity index (χ4v) is 1.89. The lowest BCUT2D eigenvalue weighted by Crippen LogP contribution is -2.54. The van der Waals surface area contributed by atoms with Crippen LogP contribution in [0.1, 0.15) is 24.2 Å². The summed E-state index contributed by atoms with van der Waals surface area (Å²) in [4.78, 5) is 21.7. The van der Waals surface area contributed by atoms with Gasteiger partial charge in [0.05, 0.1) is 0 Å². The molecule has 19 heavy (non-hydrogen) atoms. The number of rotatable bonds is 2. The number of hydrogen-bond acceptors (Lipinski definition) is 5. The van der Waals surface area contributed by atoms with Crippen molar-refractivity contribution in [1.82, 2.24) is 0 Å². The summed E-state index contributed by atoms with van der Waals surface area (Å²) >= 11 is 0. The number of carbonyl (C=O) groups excluding carboxylic acids is 1. The molecule has 0 saturated carbocycles. The molecule has 1 aromatic rings. The molecule has 1 aromatic carbocycles. The van der Waals surface area contributed by atoms with Crippen molar-refractivity contribution in [3.05, 3.63) is 28.4 Å². The van der Waals surface area contributed by atoms with Gasteiger partial charge in [0.25, 0.3) is 0 Å². The van der Waals surface area contributed by atoms with Crippen molar-refractivity contribution >= 4 is 13.0 Å². The first-order valence-electron chi connectivity index (χ1n) is 5.49. The van der Waals surface area contributed by atoms with Crippen molar-refractivity contribution in [1.29, 1.82) is 0 Å². The minimum atomic E-state index is -1.26. The molecule has 0 aromatic heterocycles. The molecule has 8 heteroatoms. The zero-order valence-corrected chi connectivity index (χ0v) is 10.6. The van der Waals surface area contributed by atoms with E-state index in [0.717, 1.165) is 6.07 Å². The number of nitrogens with zero attached hydrogens (tertiary/aromatic N) is 1. The quantitative estimate of drug-likeness (QED) is 0.604. The van der Waals surface area contributed by atoms with Crippen LogP contribution >= 0.6 is 0 Å². The molecule has 0 atom stereocenters. The summed E-state index contributed by atoms with van der Waals surface area (Å²) in [7, 11) is 0.541. The number of nitroso groups, excluding NO2 is 1. The van der Waals surface area contributed by atoms with E-state index >= 15 is 0 Å². The molecule has 0 fully saturated rings. The number of fused-ring (bicyclic) bond motifs is 1. The van der Waals surface area contributed by atoms with E-state index in [2.05, 4.69) is 5.18 Å².